The average Bonchev–Trinajstić information content (AvgIpc) is 2.60. The summed E-state index contributed by atoms with van der Waals surface area (Å²) in [6, 6.07) is -1.65. The third kappa shape index (κ3) is 6.92. The molecule has 26 heavy (non-hydrogen) atoms. The van der Waals surface area contributed by atoms with Crippen LogP contribution in [0.4, 0.5) is 0 Å². The van der Waals surface area contributed by atoms with Crippen molar-refractivity contribution in [2.24, 2.45) is 0 Å². The topological polar surface area (TPSA) is 214 Å². The van der Waals surface area contributed by atoms with Crippen LogP contribution in [0.15, 0.2) is 0 Å². The summed E-state index contributed by atoms with van der Waals surface area (Å²) in [5.74, 6) is -2.37. The lowest BCUT2D eigenvalue weighted by Crippen LogP contribution is -2.57. The number of aliphatic hydroxyl groups excluding tert-OH is 7. The van der Waals surface area contributed by atoms with E-state index in [4.69, 9.17) is 14.9 Å². The van der Waals surface area contributed by atoms with E-state index in [9.17, 15) is 39.9 Å². The van der Waals surface area contributed by atoms with Crippen LogP contribution in [0.2, 0.25) is 0 Å². The monoisotopic (exact) mass is 383 g/mol. The van der Waals surface area contributed by atoms with Gasteiger partial charge in [0.1, 0.15) is 36.7 Å². The van der Waals surface area contributed by atoms with E-state index in [0.29, 0.717) is 0 Å². The van der Waals surface area contributed by atoms with Gasteiger partial charge >= 0.3 is 5.97 Å². The quantitative estimate of drug-likeness (QED) is 0.125. The predicted octanol–water partition coefficient (Wildman–Crippen LogP) is -5.22. The second-order valence-corrected chi connectivity index (χ2v) is 5.67. The number of ether oxygens (including phenoxy) is 1. The van der Waals surface area contributed by atoms with Crippen LogP contribution in [0, 0.1) is 0 Å². The average molecular weight is 383 g/mol. The molecule has 0 bridgehead atoms. The highest BCUT2D eigenvalue weighted by molar-refractivity contribution is 5.79. The zero-order valence-electron chi connectivity index (χ0n) is 14.2. The number of hydrogen-bond acceptors (Lipinski definition) is 11. The number of nitrogens with one attached hydrogen (secondary N) is 1. The molecule has 0 fully saturated rings. The third-order valence-corrected chi connectivity index (χ3v) is 3.45. The first-order valence-corrected chi connectivity index (χ1v) is 7.60. The zero-order chi connectivity index (χ0) is 20.6. The van der Waals surface area contributed by atoms with Gasteiger partial charge in [-0.25, -0.2) is 4.79 Å². The van der Waals surface area contributed by atoms with E-state index < -0.39 is 67.3 Å². The number of carbonyl (C=O) groups is 3. The van der Waals surface area contributed by atoms with Gasteiger partial charge in [-0.1, -0.05) is 0 Å². The molecule has 0 aliphatic rings. The van der Waals surface area contributed by atoms with Crippen LogP contribution in [0.1, 0.15) is 13.8 Å². The molecule has 0 unspecified atom stereocenters. The fraction of sp³-hybridized carbons (Fsp3) is 0.786. The van der Waals surface area contributed by atoms with Gasteiger partial charge in [-0.15, -0.1) is 0 Å². The van der Waals surface area contributed by atoms with E-state index in [-0.39, 0.29) is 6.29 Å². The SMILES string of the molecule is CC(=O)N[C@@H](C=O)[C@@H](OC(=O)[C@H](O)[C@@H](O)[C@H](O)[C@@H](C)O)[C@H](O)[C@H](O)CO. The number of esters is 1. The Morgan fingerprint density at radius 2 is 1.58 bits per heavy atom. The van der Waals surface area contributed by atoms with Crippen molar-refractivity contribution in [2.75, 3.05) is 6.61 Å². The number of amides is 1. The molecule has 1 amide bonds. The minimum absolute atomic E-state index is 0.0834. The summed E-state index contributed by atoms with van der Waals surface area (Å²) < 4.78 is 4.69. The lowest BCUT2D eigenvalue weighted by Gasteiger charge is -2.31. The van der Waals surface area contributed by atoms with Crippen molar-refractivity contribution in [1.29, 1.82) is 0 Å². The number of carbonyl (C=O) groups excluding carboxylic acids is 3. The molecule has 0 aromatic heterocycles. The lowest BCUT2D eigenvalue weighted by molar-refractivity contribution is -0.185. The van der Waals surface area contributed by atoms with Crippen molar-refractivity contribution in [2.45, 2.75) is 62.6 Å². The fourth-order valence-corrected chi connectivity index (χ4v) is 1.93. The molecule has 12 heteroatoms. The molecule has 0 rings (SSSR count). The van der Waals surface area contributed by atoms with Gasteiger partial charge in [-0.2, -0.15) is 0 Å². The molecule has 8 N–H and O–H groups in total. The Hall–Kier alpha value is -1.67. The highest BCUT2D eigenvalue weighted by Crippen LogP contribution is 2.13. The van der Waals surface area contributed by atoms with E-state index in [2.05, 4.69) is 0 Å². The molecule has 8 atom stereocenters. The van der Waals surface area contributed by atoms with Crippen molar-refractivity contribution in [3.8, 4) is 0 Å². The molecule has 0 saturated carbocycles. The molecule has 0 radical (unpaired) electrons. The number of hydrogen-bond donors (Lipinski definition) is 8. The Balaban J connectivity index is 5.41. The molecule has 12 nitrogen and oxygen atoms in total. The van der Waals surface area contributed by atoms with Crippen LogP contribution in [0.5, 0.6) is 0 Å². The Kier molecular flexibility index (Phi) is 10.4. The summed E-state index contributed by atoms with van der Waals surface area (Å²) >= 11 is 0. The second-order valence-electron chi connectivity index (χ2n) is 5.67. The van der Waals surface area contributed by atoms with E-state index in [0.717, 1.165) is 13.8 Å². The first-order valence-electron chi connectivity index (χ1n) is 7.60. The summed E-state index contributed by atoms with van der Waals surface area (Å²) in [7, 11) is 0. The van der Waals surface area contributed by atoms with Crippen LogP contribution in [-0.4, -0.2) is 109 Å². The Morgan fingerprint density at radius 1 is 1.04 bits per heavy atom. The molecular weight excluding hydrogens is 358 g/mol. The van der Waals surface area contributed by atoms with Gasteiger partial charge in [-0.05, 0) is 6.92 Å². The maximum absolute atomic E-state index is 11.9. The highest BCUT2D eigenvalue weighted by atomic mass is 16.6. The van der Waals surface area contributed by atoms with Crippen LogP contribution >= 0.6 is 0 Å². The summed E-state index contributed by atoms with van der Waals surface area (Å²) in [5.41, 5.74) is 0. The number of aliphatic hydroxyl groups is 7. The molecule has 0 heterocycles. The summed E-state index contributed by atoms with van der Waals surface area (Å²) in [6.07, 6.45) is -13.7. The van der Waals surface area contributed by atoms with Crippen molar-refractivity contribution in [3.05, 3.63) is 0 Å². The summed E-state index contributed by atoms with van der Waals surface area (Å²) in [4.78, 5) is 34.2. The predicted molar refractivity (Wildman–Crippen MR) is 82.3 cm³/mol. The van der Waals surface area contributed by atoms with Gasteiger partial charge in [0, 0.05) is 6.92 Å². The number of rotatable bonds is 11. The molecule has 0 aliphatic heterocycles. The molecule has 152 valence electrons. The normalized spacial score (nSPS) is 20.7. The van der Waals surface area contributed by atoms with Gasteiger partial charge in [0.05, 0.1) is 12.7 Å². The minimum atomic E-state index is -2.38. The zero-order valence-corrected chi connectivity index (χ0v) is 14.2. The third-order valence-electron chi connectivity index (χ3n) is 3.45. The van der Waals surface area contributed by atoms with E-state index in [1.54, 1.807) is 0 Å². The van der Waals surface area contributed by atoms with E-state index in [1.165, 1.54) is 0 Å². The molecule has 0 saturated heterocycles. The first-order chi connectivity index (χ1) is 12.0. The molecule has 0 aromatic carbocycles. The van der Waals surface area contributed by atoms with Crippen LogP contribution in [0.25, 0.3) is 0 Å². The Morgan fingerprint density at radius 3 is 1.96 bits per heavy atom. The standard InChI is InChI=1S/C14H25NO11/c1-5(18)9(21)11(23)12(24)14(25)26-13(10(22)8(20)4-17)7(3-16)15-6(2)19/h3,5,7-13,17-18,20-24H,4H2,1-2H3,(H,15,19)/t5-,7+,8-,9-,10-,11+,12-,13-/m1/s1. The first kappa shape index (κ1) is 24.3. The van der Waals surface area contributed by atoms with E-state index >= 15 is 0 Å². The molecule has 0 aromatic rings. The highest BCUT2D eigenvalue weighted by Gasteiger charge is 2.40. The Labute approximate surface area is 148 Å². The molecular formula is C14H25NO11. The maximum atomic E-state index is 11.9. The van der Waals surface area contributed by atoms with Crippen molar-refractivity contribution in [3.63, 3.8) is 0 Å². The van der Waals surface area contributed by atoms with Gasteiger partial charge in [0.2, 0.25) is 5.91 Å². The molecule has 0 aliphatic carbocycles. The van der Waals surface area contributed by atoms with Crippen molar-refractivity contribution >= 4 is 18.2 Å². The van der Waals surface area contributed by atoms with Gasteiger partial charge < -0.3 is 50.6 Å². The van der Waals surface area contributed by atoms with Crippen molar-refractivity contribution in [1.82, 2.24) is 5.32 Å². The lowest BCUT2D eigenvalue weighted by atomic mass is 10.0. The van der Waals surface area contributed by atoms with Crippen LogP contribution < -0.4 is 5.32 Å². The van der Waals surface area contributed by atoms with Crippen molar-refractivity contribution < 1.29 is 54.9 Å². The maximum Gasteiger partial charge on any atom is 0.338 e. The smallest absolute Gasteiger partial charge is 0.338 e. The largest absolute Gasteiger partial charge is 0.455 e. The summed E-state index contributed by atoms with van der Waals surface area (Å²) in [6.45, 7) is 1.12. The second kappa shape index (κ2) is 11.1. The minimum Gasteiger partial charge on any atom is -0.455 e. The van der Waals surface area contributed by atoms with Gasteiger partial charge in [-0.3, -0.25) is 4.79 Å². The van der Waals surface area contributed by atoms with Gasteiger partial charge in [0.15, 0.2) is 12.2 Å². The van der Waals surface area contributed by atoms with Crippen LogP contribution in [0.3, 0.4) is 0 Å². The fourth-order valence-electron chi connectivity index (χ4n) is 1.93. The van der Waals surface area contributed by atoms with E-state index in [1.807, 2.05) is 5.32 Å². The van der Waals surface area contributed by atoms with Crippen LogP contribution in [-0.2, 0) is 19.1 Å². The van der Waals surface area contributed by atoms with Gasteiger partial charge in [0.25, 0.3) is 0 Å². The summed E-state index contributed by atoms with van der Waals surface area (Å²) in [5, 5.41) is 68.3. The number of aldehydes is 1. The Bertz CT molecular complexity index is 472. The molecule has 0 spiro atoms.